The summed E-state index contributed by atoms with van der Waals surface area (Å²) in [6.07, 6.45) is -10.4. The van der Waals surface area contributed by atoms with Gasteiger partial charge in [0, 0.05) is 26.2 Å². The SMILES string of the molecule is C1C[NH2+]CCN1.C1C[NH2+]CCN1.O=C([O-])C(F)(F)F.O=C([O-])C(F)(F)F. The number of carbonyl (C=O) groups is 2. The molecule has 0 amide bonds. The van der Waals surface area contributed by atoms with Crippen molar-refractivity contribution in [1.82, 2.24) is 10.6 Å². The lowest BCUT2D eigenvalue weighted by atomic mass is 10.4. The fourth-order valence-corrected chi connectivity index (χ4v) is 1.36. The third kappa shape index (κ3) is 20.4. The molecule has 2 saturated heterocycles. The Hall–Kier alpha value is -1.64. The van der Waals surface area contributed by atoms with Gasteiger partial charge in [-0.15, -0.1) is 0 Å². The van der Waals surface area contributed by atoms with Gasteiger partial charge in [0.2, 0.25) is 0 Å². The molecule has 0 aromatic rings. The molecule has 2 fully saturated rings. The first kappa shape index (κ1) is 26.6. The summed E-state index contributed by atoms with van der Waals surface area (Å²) in [6.45, 7) is 9.83. The molecule has 0 atom stereocenters. The minimum absolute atomic E-state index is 1.19. The van der Waals surface area contributed by atoms with Crippen molar-refractivity contribution in [1.29, 1.82) is 0 Å². The van der Waals surface area contributed by atoms with E-state index in [1.54, 1.807) is 0 Å². The molecule has 0 aromatic heterocycles. The van der Waals surface area contributed by atoms with Gasteiger partial charge >= 0.3 is 12.4 Å². The maximum atomic E-state index is 10.5. The van der Waals surface area contributed by atoms with Crippen molar-refractivity contribution >= 4 is 11.9 Å². The number of alkyl halides is 6. The predicted molar refractivity (Wildman–Crippen MR) is 71.2 cm³/mol. The number of carboxylic acids is 2. The van der Waals surface area contributed by atoms with Crippen molar-refractivity contribution in [3.63, 3.8) is 0 Å². The van der Waals surface area contributed by atoms with Crippen LogP contribution in [0.15, 0.2) is 0 Å². The summed E-state index contributed by atoms with van der Waals surface area (Å²) < 4.78 is 63.1. The Bertz CT molecular complexity index is 326. The van der Waals surface area contributed by atoms with Crippen LogP contribution in [-0.4, -0.2) is 76.6 Å². The van der Waals surface area contributed by atoms with E-state index < -0.39 is 24.3 Å². The van der Waals surface area contributed by atoms with Crippen LogP contribution in [0.25, 0.3) is 0 Å². The van der Waals surface area contributed by atoms with Crippen LogP contribution in [0.4, 0.5) is 26.3 Å². The first-order chi connectivity index (χ1) is 11.9. The smallest absolute Gasteiger partial charge is 0.430 e. The molecular weight excluding hydrogens is 378 g/mol. The summed E-state index contributed by atoms with van der Waals surface area (Å²) in [5, 5.41) is 28.7. The van der Waals surface area contributed by atoms with Crippen LogP contribution in [0.3, 0.4) is 0 Å². The lowest BCUT2D eigenvalue weighted by Crippen LogP contribution is -2.89. The minimum Gasteiger partial charge on any atom is -0.542 e. The maximum absolute atomic E-state index is 10.5. The van der Waals surface area contributed by atoms with Crippen molar-refractivity contribution in [2.75, 3.05) is 52.4 Å². The second kappa shape index (κ2) is 14.5. The number of carbonyl (C=O) groups excluding carboxylic acids is 2. The summed E-state index contributed by atoms with van der Waals surface area (Å²) in [5.41, 5.74) is 0. The molecule has 0 aliphatic carbocycles. The number of nitrogens with one attached hydrogen (secondary N) is 2. The fourth-order valence-electron chi connectivity index (χ4n) is 1.36. The molecule has 0 saturated carbocycles. The van der Waals surface area contributed by atoms with E-state index >= 15 is 0 Å². The molecule has 2 rings (SSSR count). The van der Waals surface area contributed by atoms with Crippen molar-refractivity contribution in [2.24, 2.45) is 0 Å². The van der Waals surface area contributed by atoms with Gasteiger partial charge in [-0.2, -0.15) is 26.3 Å². The highest BCUT2D eigenvalue weighted by Gasteiger charge is 2.29. The number of piperazine rings is 2. The van der Waals surface area contributed by atoms with E-state index in [2.05, 4.69) is 21.3 Å². The van der Waals surface area contributed by atoms with Gasteiger partial charge in [-0.3, -0.25) is 0 Å². The fraction of sp³-hybridized carbons (Fsp3) is 0.833. The number of hydrogen-bond acceptors (Lipinski definition) is 6. The van der Waals surface area contributed by atoms with Crippen LogP contribution in [0.2, 0.25) is 0 Å². The zero-order valence-electron chi connectivity index (χ0n) is 13.7. The molecule has 8 nitrogen and oxygen atoms in total. The van der Waals surface area contributed by atoms with Gasteiger partial charge in [0.05, 0.1) is 26.2 Å². The number of quaternary nitrogens is 2. The van der Waals surface area contributed by atoms with Crippen molar-refractivity contribution < 1.29 is 56.8 Å². The third-order valence-electron chi connectivity index (χ3n) is 2.56. The Kier molecular flexibility index (Phi) is 14.8. The summed E-state index contributed by atoms with van der Waals surface area (Å²) in [4.78, 5) is 17.6. The molecule has 0 aromatic carbocycles. The average Bonchev–Trinajstić information content (AvgIpc) is 2.58. The van der Waals surface area contributed by atoms with Gasteiger partial charge < -0.3 is 41.1 Å². The van der Waals surface area contributed by atoms with Gasteiger partial charge in [0.25, 0.3) is 0 Å². The minimum atomic E-state index is -5.19. The molecule has 2 aliphatic heterocycles. The largest absolute Gasteiger partial charge is 0.542 e. The number of carboxylic acid groups (broad SMARTS) is 2. The number of rotatable bonds is 0. The normalized spacial score (nSPS) is 17.2. The monoisotopic (exact) mass is 400 g/mol. The first-order valence-corrected chi connectivity index (χ1v) is 7.50. The van der Waals surface area contributed by atoms with Crippen LogP contribution in [0.5, 0.6) is 0 Å². The van der Waals surface area contributed by atoms with Crippen LogP contribution >= 0.6 is 0 Å². The molecule has 2 heterocycles. The van der Waals surface area contributed by atoms with Crippen LogP contribution in [-0.2, 0) is 9.59 Å². The highest BCUT2D eigenvalue weighted by atomic mass is 19.4. The molecule has 0 spiro atoms. The quantitative estimate of drug-likeness (QED) is 0.300. The van der Waals surface area contributed by atoms with Gasteiger partial charge in [0.1, 0.15) is 11.9 Å². The third-order valence-corrected chi connectivity index (χ3v) is 2.56. The zero-order valence-corrected chi connectivity index (χ0v) is 13.7. The van der Waals surface area contributed by atoms with Crippen molar-refractivity contribution in [2.45, 2.75) is 12.4 Å². The summed E-state index contributed by atoms with van der Waals surface area (Å²) in [6, 6.07) is 0. The molecule has 6 N–H and O–H groups in total. The van der Waals surface area contributed by atoms with Crippen LogP contribution in [0.1, 0.15) is 0 Å². The van der Waals surface area contributed by atoms with Gasteiger partial charge in [0.15, 0.2) is 0 Å². The first-order valence-electron chi connectivity index (χ1n) is 7.50. The lowest BCUT2D eigenvalue weighted by Gasteiger charge is -2.07. The van der Waals surface area contributed by atoms with Crippen LogP contribution < -0.4 is 31.5 Å². The standard InChI is InChI=1S/2C4H10N2.2C2HF3O2/c2*1-2-6-4-3-5-1;2*3-2(4,5)1(6)7/h2*5-6H,1-4H2;2*(H,6,7). The maximum Gasteiger partial charge on any atom is 0.430 e. The van der Waals surface area contributed by atoms with E-state index in [0.717, 1.165) is 0 Å². The predicted octanol–water partition coefficient (Wildman–Crippen LogP) is -5.10. The Balaban J connectivity index is 0. The molecule has 14 heteroatoms. The highest BCUT2D eigenvalue weighted by molar-refractivity contribution is 5.71. The summed E-state index contributed by atoms with van der Waals surface area (Å²) in [5.74, 6) is -6.01. The lowest BCUT2D eigenvalue weighted by molar-refractivity contribution is -0.657. The molecule has 0 unspecified atom stereocenters. The Morgan fingerprint density at radius 3 is 0.885 bits per heavy atom. The number of aliphatic carboxylic acids is 2. The Labute approximate surface area is 145 Å². The second-order valence-electron chi connectivity index (χ2n) is 4.80. The average molecular weight is 400 g/mol. The molecule has 26 heavy (non-hydrogen) atoms. The molecule has 0 bridgehead atoms. The Morgan fingerprint density at radius 2 is 0.846 bits per heavy atom. The second-order valence-corrected chi connectivity index (χ2v) is 4.80. The summed E-state index contributed by atoms with van der Waals surface area (Å²) in [7, 11) is 0. The van der Waals surface area contributed by atoms with E-state index in [1.807, 2.05) is 0 Å². The Morgan fingerprint density at radius 1 is 0.654 bits per heavy atom. The number of hydrogen-bond donors (Lipinski definition) is 4. The van der Waals surface area contributed by atoms with E-state index in [1.165, 1.54) is 52.4 Å². The number of halogens is 6. The molecule has 2 aliphatic rings. The van der Waals surface area contributed by atoms with Crippen molar-refractivity contribution in [3.05, 3.63) is 0 Å². The van der Waals surface area contributed by atoms with Gasteiger partial charge in [-0.1, -0.05) is 0 Å². The summed E-state index contributed by atoms with van der Waals surface area (Å²) >= 11 is 0. The molecular formula is C12H22F6N4O4. The van der Waals surface area contributed by atoms with E-state index in [-0.39, 0.29) is 0 Å². The van der Waals surface area contributed by atoms with E-state index in [0.29, 0.717) is 0 Å². The molecule has 156 valence electrons. The van der Waals surface area contributed by atoms with E-state index in [9.17, 15) is 26.3 Å². The van der Waals surface area contributed by atoms with Crippen LogP contribution in [0, 0.1) is 0 Å². The van der Waals surface area contributed by atoms with E-state index in [4.69, 9.17) is 19.8 Å². The zero-order chi connectivity index (χ0) is 20.6. The van der Waals surface area contributed by atoms with Gasteiger partial charge in [-0.05, 0) is 0 Å². The highest BCUT2D eigenvalue weighted by Crippen LogP contribution is 2.12. The van der Waals surface area contributed by atoms with Gasteiger partial charge in [-0.25, -0.2) is 0 Å². The molecule has 0 radical (unpaired) electrons. The topological polar surface area (TPSA) is 138 Å². The van der Waals surface area contributed by atoms with Crippen molar-refractivity contribution in [3.8, 4) is 0 Å². The number of nitrogens with two attached hydrogens (primary N) is 2.